The Morgan fingerprint density at radius 3 is 2.43 bits per heavy atom. The molecule has 1 aliphatic carbocycles. The number of anilines is 1. The number of hydrogen-bond donors (Lipinski definition) is 2. The molecule has 1 aromatic rings. The van der Waals surface area contributed by atoms with Crippen molar-refractivity contribution in [1.82, 2.24) is 4.72 Å². The van der Waals surface area contributed by atoms with Gasteiger partial charge >= 0.3 is 0 Å². The zero-order valence-corrected chi connectivity index (χ0v) is 13.2. The molecule has 1 aliphatic rings. The third-order valence-corrected chi connectivity index (χ3v) is 5.11. The quantitative estimate of drug-likeness (QED) is 0.812. The summed E-state index contributed by atoms with van der Waals surface area (Å²) in [5, 5.41) is 2.86. The van der Waals surface area contributed by atoms with Crippen molar-refractivity contribution >= 4 is 21.6 Å². The summed E-state index contributed by atoms with van der Waals surface area (Å²) in [5.41, 5.74) is 1.62. The second kappa shape index (κ2) is 6.58. The molecule has 0 spiro atoms. The van der Waals surface area contributed by atoms with Gasteiger partial charge in [-0.05, 0) is 43.9 Å². The molecule has 116 valence electrons. The zero-order valence-electron chi connectivity index (χ0n) is 12.4. The highest BCUT2D eigenvalue weighted by Gasteiger charge is 2.29. The number of rotatable bonds is 7. The van der Waals surface area contributed by atoms with Crippen LogP contribution in [0, 0.1) is 5.92 Å². The van der Waals surface area contributed by atoms with Gasteiger partial charge in [-0.2, -0.15) is 0 Å². The van der Waals surface area contributed by atoms with Gasteiger partial charge in [-0.25, -0.2) is 13.1 Å². The summed E-state index contributed by atoms with van der Waals surface area (Å²) < 4.78 is 26.1. The molecule has 1 amide bonds. The standard InChI is InChI=1S/C15H22N2O3S/c1-3-10-21(19,20)17-11(2)12-6-8-14(9-7-12)16-15(18)13-4-5-13/h6-9,11,13,17H,3-5,10H2,1-2H3,(H,16,18). The van der Waals surface area contributed by atoms with Crippen LogP contribution in [0.3, 0.4) is 0 Å². The largest absolute Gasteiger partial charge is 0.326 e. The number of sulfonamides is 1. The molecule has 1 atom stereocenters. The predicted octanol–water partition coefficient (Wildman–Crippen LogP) is 2.43. The SMILES string of the molecule is CCCS(=O)(=O)NC(C)c1ccc(NC(=O)C2CC2)cc1. The highest BCUT2D eigenvalue weighted by Crippen LogP contribution is 2.30. The summed E-state index contributed by atoms with van der Waals surface area (Å²) in [6.07, 6.45) is 2.54. The number of carbonyl (C=O) groups excluding carboxylic acids is 1. The summed E-state index contributed by atoms with van der Waals surface area (Å²) in [6.45, 7) is 3.65. The van der Waals surface area contributed by atoms with Crippen molar-refractivity contribution in [2.75, 3.05) is 11.1 Å². The summed E-state index contributed by atoms with van der Waals surface area (Å²) in [5.74, 6) is 0.372. The van der Waals surface area contributed by atoms with Gasteiger partial charge in [0.2, 0.25) is 15.9 Å². The molecule has 0 heterocycles. The lowest BCUT2D eigenvalue weighted by atomic mass is 10.1. The number of amides is 1. The molecule has 1 unspecified atom stereocenters. The Morgan fingerprint density at radius 2 is 1.90 bits per heavy atom. The first-order chi connectivity index (χ1) is 9.91. The van der Waals surface area contributed by atoms with Gasteiger partial charge in [-0.3, -0.25) is 4.79 Å². The first kappa shape index (κ1) is 16.0. The molecule has 5 nitrogen and oxygen atoms in total. The lowest BCUT2D eigenvalue weighted by Gasteiger charge is -2.15. The number of carbonyl (C=O) groups is 1. The minimum Gasteiger partial charge on any atom is -0.326 e. The van der Waals surface area contributed by atoms with E-state index in [4.69, 9.17) is 0 Å². The maximum Gasteiger partial charge on any atom is 0.227 e. The molecule has 1 fully saturated rings. The summed E-state index contributed by atoms with van der Waals surface area (Å²) in [6, 6.07) is 7.00. The van der Waals surface area contributed by atoms with Crippen LogP contribution in [0.25, 0.3) is 0 Å². The van der Waals surface area contributed by atoms with Crippen LogP contribution in [0.5, 0.6) is 0 Å². The lowest BCUT2D eigenvalue weighted by molar-refractivity contribution is -0.117. The second-order valence-corrected chi connectivity index (χ2v) is 7.42. The maximum absolute atomic E-state index is 11.7. The number of hydrogen-bond acceptors (Lipinski definition) is 3. The fraction of sp³-hybridized carbons (Fsp3) is 0.533. The molecule has 0 aliphatic heterocycles. The number of benzene rings is 1. The molecule has 6 heteroatoms. The van der Waals surface area contributed by atoms with E-state index in [2.05, 4.69) is 10.0 Å². The number of nitrogens with one attached hydrogen (secondary N) is 2. The normalized spacial score (nSPS) is 16.5. The van der Waals surface area contributed by atoms with E-state index in [0.29, 0.717) is 6.42 Å². The molecule has 21 heavy (non-hydrogen) atoms. The van der Waals surface area contributed by atoms with Crippen LogP contribution in [-0.2, 0) is 14.8 Å². The van der Waals surface area contributed by atoms with Crippen molar-refractivity contribution < 1.29 is 13.2 Å². The highest BCUT2D eigenvalue weighted by atomic mass is 32.2. The van der Waals surface area contributed by atoms with Crippen molar-refractivity contribution in [3.63, 3.8) is 0 Å². The van der Waals surface area contributed by atoms with Gasteiger partial charge in [0, 0.05) is 17.6 Å². The van der Waals surface area contributed by atoms with E-state index in [9.17, 15) is 13.2 Å². The molecule has 0 saturated heterocycles. The molecule has 0 bridgehead atoms. The van der Waals surface area contributed by atoms with E-state index in [1.54, 1.807) is 12.1 Å². The molecule has 2 N–H and O–H groups in total. The third-order valence-electron chi connectivity index (χ3n) is 3.46. The Hall–Kier alpha value is -1.40. The Bertz CT molecular complexity index is 592. The predicted molar refractivity (Wildman–Crippen MR) is 83.4 cm³/mol. The molecule has 1 aromatic carbocycles. The smallest absolute Gasteiger partial charge is 0.227 e. The van der Waals surface area contributed by atoms with Crippen molar-refractivity contribution in [1.29, 1.82) is 0 Å². The molecular formula is C15H22N2O3S. The first-order valence-electron chi connectivity index (χ1n) is 7.32. The van der Waals surface area contributed by atoms with E-state index in [1.165, 1.54) is 0 Å². The molecule has 1 saturated carbocycles. The topological polar surface area (TPSA) is 75.3 Å². The average Bonchev–Trinajstić information content (AvgIpc) is 3.23. The van der Waals surface area contributed by atoms with Crippen LogP contribution in [0.1, 0.15) is 44.7 Å². The van der Waals surface area contributed by atoms with E-state index in [-0.39, 0.29) is 23.6 Å². The summed E-state index contributed by atoms with van der Waals surface area (Å²) in [4.78, 5) is 11.7. The molecular weight excluding hydrogens is 288 g/mol. The maximum atomic E-state index is 11.7. The fourth-order valence-electron chi connectivity index (χ4n) is 2.11. The van der Waals surface area contributed by atoms with E-state index in [0.717, 1.165) is 24.1 Å². The monoisotopic (exact) mass is 310 g/mol. The summed E-state index contributed by atoms with van der Waals surface area (Å²) >= 11 is 0. The van der Waals surface area contributed by atoms with Gasteiger partial charge in [0.15, 0.2) is 0 Å². The van der Waals surface area contributed by atoms with Crippen LogP contribution in [-0.4, -0.2) is 20.1 Å². The van der Waals surface area contributed by atoms with Crippen LogP contribution in [0.15, 0.2) is 24.3 Å². The van der Waals surface area contributed by atoms with E-state index in [1.807, 2.05) is 26.0 Å². The van der Waals surface area contributed by atoms with E-state index >= 15 is 0 Å². The fourth-order valence-corrected chi connectivity index (χ4v) is 3.44. The van der Waals surface area contributed by atoms with Crippen molar-refractivity contribution in [3.05, 3.63) is 29.8 Å². The van der Waals surface area contributed by atoms with Crippen LogP contribution in [0.2, 0.25) is 0 Å². The van der Waals surface area contributed by atoms with Gasteiger partial charge in [0.25, 0.3) is 0 Å². The van der Waals surface area contributed by atoms with Crippen molar-refractivity contribution in [2.24, 2.45) is 5.92 Å². The Morgan fingerprint density at radius 1 is 1.29 bits per heavy atom. The van der Waals surface area contributed by atoms with Crippen LogP contribution >= 0.6 is 0 Å². The van der Waals surface area contributed by atoms with Gasteiger partial charge in [-0.1, -0.05) is 19.1 Å². The van der Waals surface area contributed by atoms with Crippen LogP contribution < -0.4 is 10.0 Å². The third kappa shape index (κ3) is 4.82. The second-order valence-electron chi connectivity index (χ2n) is 5.54. The zero-order chi connectivity index (χ0) is 15.5. The van der Waals surface area contributed by atoms with E-state index < -0.39 is 10.0 Å². The summed E-state index contributed by atoms with van der Waals surface area (Å²) in [7, 11) is -3.23. The van der Waals surface area contributed by atoms with Gasteiger partial charge < -0.3 is 5.32 Å². The van der Waals surface area contributed by atoms with Crippen molar-refractivity contribution in [3.8, 4) is 0 Å². The Kier molecular flexibility index (Phi) is 5.00. The van der Waals surface area contributed by atoms with Gasteiger partial charge in [0.1, 0.15) is 0 Å². The molecule has 2 rings (SSSR count). The molecule has 0 radical (unpaired) electrons. The Balaban J connectivity index is 1.96. The first-order valence-corrected chi connectivity index (χ1v) is 8.97. The van der Waals surface area contributed by atoms with Gasteiger partial charge in [-0.15, -0.1) is 0 Å². The minimum absolute atomic E-state index is 0.0689. The molecule has 0 aromatic heterocycles. The highest BCUT2D eigenvalue weighted by molar-refractivity contribution is 7.89. The van der Waals surface area contributed by atoms with Crippen molar-refractivity contribution in [2.45, 2.75) is 39.2 Å². The van der Waals surface area contributed by atoms with Crippen LogP contribution in [0.4, 0.5) is 5.69 Å². The van der Waals surface area contributed by atoms with Gasteiger partial charge in [0.05, 0.1) is 5.75 Å². The average molecular weight is 310 g/mol. The lowest BCUT2D eigenvalue weighted by Crippen LogP contribution is -2.28. The minimum atomic E-state index is -3.23. The Labute approximate surface area is 126 Å².